The summed E-state index contributed by atoms with van der Waals surface area (Å²) in [6, 6.07) is 0. The maximum atomic E-state index is 3.41. The molecule has 0 spiro atoms. The molecular weight excluding hydrogens is 200 g/mol. The van der Waals surface area contributed by atoms with Crippen molar-refractivity contribution in [3.63, 3.8) is 0 Å². The molecule has 0 bridgehead atoms. The van der Waals surface area contributed by atoms with Gasteiger partial charge in [0.05, 0.1) is 0 Å². The van der Waals surface area contributed by atoms with E-state index in [9.17, 15) is 0 Å². The zero-order valence-electron chi connectivity index (χ0n) is 7.70. The molecule has 0 unspecified atom stereocenters. The highest BCUT2D eigenvalue weighted by molar-refractivity contribution is 9.11. The standard InChI is InChI=1S/C10H19Br/c1-3-5-7-10(9-11)8-6-4-2/h9H,3-8H2,1-2H3. The fourth-order valence-electron chi connectivity index (χ4n) is 1.04. The summed E-state index contributed by atoms with van der Waals surface area (Å²) in [4.78, 5) is 2.11. The molecule has 0 aromatic heterocycles. The molecule has 0 saturated carbocycles. The Kier molecular flexibility index (Phi) is 8.48. The quantitative estimate of drug-likeness (QED) is 0.610. The van der Waals surface area contributed by atoms with Crippen LogP contribution in [0, 0.1) is 0 Å². The van der Waals surface area contributed by atoms with E-state index in [0.29, 0.717) is 0 Å². The van der Waals surface area contributed by atoms with Gasteiger partial charge >= 0.3 is 0 Å². The maximum absolute atomic E-state index is 3.41. The van der Waals surface area contributed by atoms with Crippen molar-refractivity contribution in [3.8, 4) is 0 Å². The van der Waals surface area contributed by atoms with Gasteiger partial charge in [-0.1, -0.05) is 48.2 Å². The van der Waals surface area contributed by atoms with Crippen molar-refractivity contribution in [2.24, 2.45) is 0 Å². The molecule has 0 aliphatic rings. The minimum absolute atomic E-state index is 1.28. The summed E-state index contributed by atoms with van der Waals surface area (Å²) < 4.78 is 0. The van der Waals surface area contributed by atoms with E-state index in [-0.39, 0.29) is 0 Å². The topological polar surface area (TPSA) is 0 Å². The van der Waals surface area contributed by atoms with Crippen LogP contribution in [0.25, 0.3) is 0 Å². The Morgan fingerprint density at radius 3 is 1.82 bits per heavy atom. The zero-order chi connectivity index (χ0) is 8.53. The van der Waals surface area contributed by atoms with Crippen LogP contribution in [-0.2, 0) is 0 Å². The second-order valence-electron chi connectivity index (χ2n) is 2.97. The molecule has 0 fully saturated rings. The van der Waals surface area contributed by atoms with E-state index < -0.39 is 0 Å². The molecule has 0 aliphatic heterocycles. The van der Waals surface area contributed by atoms with Crippen LogP contribution in [0.4, 0.5) is 0 Å². The van der Waals surface area contributed by atoms with Crippen LogP contribution in [0.15, 0.2) is 10.6 Å². The number of unbranched alkanes of at least 4 members (excludes halogenated alkanes) is 2. The fraction of sp³-hybridized carbons (Fsp3) is 0.800. The second-order valence-corrected chi connectivity index (χ2v) is 3.43. The summed E-state index contributed by atoms with van der Waals surface area (Å²) in [6.45, 7) is 4.48. The summed E-state index contributed by atoms with van der Waals surface area (Å²) in [7, 11) is 0. The molecule has 0 N–H and O–H groups in total. The number of rotatable bonds is 6. The minimum atomic E-state index is 1.28. The van der Waals surface area contributed by atoms with E-state index in [1.807, 2.05) is 0 Å². The van der Waals surface area contributed by atoms with Crippen molar-refractivity contribution in [1.29, 1.82) is 0 Å². The number of halogens is 1. The van der Waals surface area contributed by atoms with E-state index in [1.165, 1.54) is 38.5 Å². The van der Waals surface area contributed by atoms with Gasteiger partial charge in [-0.3, -0.25) is 0 Å². The van der Waals surface area contributed by atoms with E-state index in [0.717, 1.165) is 0 Å². The Morgan fingerprint density at radius 1 is 1.09 bits per heavy atom. The third kappa shape index (κ3) is 6.61. The van der Waals surface area contributed by atoms with Gasteiger partial charge < -0.3 is 0 Å². The summed E-state index contributed by atoms with van der Waals surface area (Å²) in [6.07, 6.45) is 7.83. The Morgan fingerprint density at radius 2 is 1.55 bits per heavy atom. The van der Waals surface area contributed by atoms with Crippen molar-refractivity contribution in [3.05, 3.63) is 10.6 Å². The SMILES string of the molecule is CCCCC(=CBr)CCCC. The van der Waals surface area contributed by atoms with Crippen LogP contribution in [0.1, 0.15) is 52.4 Å². The van der Waals surface area contributed by atoms with Gasteiger partial charge in [0.2, 0.25) is 0 Å². The van der Waals surface area contributed by atoms with Gasteiger partial charge in [0.1, 0.15) is 0 Å². The Hall–Kier alpha value is 0.220. The van der Waals surface area contributed by atoms with Gasteiger partial charge in [-0.05, 0) is 30.7 Å². The van der Waals surface area contributed by atoms with Crippen LogP contribution in [0.2, 0.25) is 0 Å². The van der Waals surface area contributed by atoms with E-state index in [2.05, 4.69) is 34.8 Å². The van der Waals surface area contributed by atoms with Gasteiger partial charge in [-0.2, -0.15) is 0 Å². The first-order chi connectivity index (χ1) is 5.35. The molecule has 0 heterocycles. The zero-order valence-corrected chi connectivity index (χ0v) is 9.28. The van der Waals surface area contributed by atoms with E-state index >= 15 is 0 Å². The molecule has 0 atom stereocenters. The molecule has 0 saturated heterocycles. The predicted molar refractivity (Wildman–Crippen MR) is 56.1 cm³/mol. The smallest absolute Gasteiger partial charge is 0.0197 e. The summed E-state index contributed by atoms with van der Waals surface area (Å²) in [5, 5.41) is 0. The highest BCUT2D eigenvalue weighted by Gasteiger charge is 1.94. The summed E-state index contributed by atoms with van der Waals surface area (Å²) in [5.41, 5.74) is 1.58. The molecule has 0 amide bonds. The van der Waals surface area contributed by atoms with Crippen molar-refractivity contribution in [1.82, 2.24) is 0 Å². The molecule has 0 aromatic rings. The molecular formula is C10H19Br. The normalized spacial score (nSPS) is 9.73. The van der Waals surface area contributed by atoms with Gasteiger partial charge in [-0.15, -0.1) is 0 Å². The van der Waals surface area contributed by atoms with E-state index in [4.69, 9.17) is 0 Å². The lowest BCUT2D eigenvalue weighted by atomic mass is 10.1. The summed E-state index contributed by atoms with van der Waals surface area (Å²) in [5.74, 6) is 0. The Balaban J connectivity index is 3.43. The van der Waals surface area contributed by atoms with Gasteiger partial charge in [-0.25, -0.2) is 0 Å². The highest BCUT2D eigenvalue weighted by atomic mass is 79.9. The Labute approximate surface area is 79.2 Å². The Bertz CT molecular complexity index is 95.4. The van der Waals surface area contributed by atoms with Crippen molar-refractivity contribution in [2.75, 3.05) is 0 Å². The lowest BCUT2D eigenvalue weighted by Gasteiger charge is -2.03. The first-order valence-corrected chi connectivity index (χ1v) is 5.54. The molecule has 0 rings (SSSR count). The lowest BCUT2D eigenvalue weighted by Crippen LogP contribution is -1.83. The molecule has 0 radical (unpaired) electrons. The van der Waals surface area contributed by atoms with Crippen LogP contribution < -0.4 is 0 Å². The van der Waals surface area contributed by atoms with Crippen molar-refractivity contribution >= 4 is 15.9 Å². The third-order valence-corrected chi connectivity index (χ3v) is 2.50. The average molecular weight is 219 g/mol. The first-order valence-electron chi connectivity index (χ1n) is 4.63. The fourth-order valence-corrected chi connectivity index (χ4v) is 1.50. The van der Waals surface area contributed by atoms with Gasteiger partial charge in [0.15, 0.2) is 0 Å². The van der Waals surface area contributed by atoms with Crippen molar-refractivity contribution < 1.29 is 0 Å². The number of hydrogen-bond donors (Lipinski definition) is 0. The van der Waals surface area contributed by atoms with Gasteiger partial charge in [0, 0.05) is 0 Å². The highest BCUT2D eigenvalue weighted by Crippen LogP contribution is 2.16. The van der Waals surface area contributed by atoms with Crippen LogP contribution in [-0.4, -0.2) is 0 Å². The largest absolute Gasteiger partial charge is 0.0654 e. The van der Waals surface area contributed by atoms with Crippen LogP contribution in [0.3, 0.4) is 0 Å². The molecule has 0 nitrogen and oxygen atoms in total. The van der Waals surface area contributed by atoms with Gasteiger partial charge in [0.25, 0.3) is 0 Å². The average Bonchev–Trinajstić information content (AvgIpc) is 2.05. The monoisotopic (exact) mass is 218 g/mol. The lowest BCUT2D eigenvalue weighted by molar-refractivity contribution is 0.715. The molecule has 66 valence electrons. The van der Waals surface area contributed by atoms with Crippen LogP contribution >= 0.6 is 15.9 Å². The molecule has 0 aromatic carbocycles. The maximum Gasteiger partial charge on any atom is -0.0197 e. The summed E-state index contributed by atoms with van der Waals surface area (Å²) >= 11 is 3.41. The van der Waals surface area contributed by atoms with Crippen LogP contribution in [0.5, 0.6) is 0 Å². The molecule has 1 heteroatoms. The van der Waals surface area contributed by atoms with Crippen molar-refractivity contribution in [2.45, 2.75) is 52.4 Å². The van der Waals surface area contributed by atoms with E-state index in [1.54, 1.807) is 5.57 Å². The molecule has 11 heavy (non-hydrogen) atoms. The minimum Gasteiger partial charge on any atom is -0.0654 e. The third-order valence-electron chi connectivity index (χ3n) is 1.86. The number of hydrogen-bond acceptors (Lipinski definition) is 0. The first kappa shape index (κ1) is 11.2. The predicted octanol–water partition coefficient (Wildman–Crippen LogP) is 4.65. The number of allylic oxidation sites excluding steroid dienone is 1. The molecule has 0 aliphatic carbocycles. The second kappa shape index (κ2) is 8.32.